The molecule has 2 amide bonds. The number of alkyl carbamates (subject to hydrolysis) is 1. The number of nitrogens with zero attached hydrogens (tertiary/aromatic N) is 3. The number of carbonyl (C=O) groups is 2. The van der Waals surface area contributed by atoms with Crippen molar-refractivity contribution in [2.24, 2.45) is 5.92 Å². The van der Waals surface area contributed by atoms with E-state index in [9.17, 15) is 22.8 Å². The Hall–Kier alpha value is -4.87. The second-order valence-corrected chi connectivity index (χ2v) is 17.2. The number of amides is 2. The number of methoxy groups -OCH3 is 1. The predicted molar refractivity (Wildman–Crippen MR) is 207 cm³/mol. The number of rotatable bonds is 7. The normalized spacial score (nSPS) is 20.4. The Morgan fingerprint density at radius 3 is 2.47 bits per heavy atom. The zero-order valence-electron chi connectivity index (χ0n) is 32.4. The maximum Gasteiger partial charge on any atom is 0.494 e. The van der Waals surface area contributed by atoms with E-state index in [1.807, 2.05) is 59.7 Å². The minimum atomic E-state index is -4.56. The lowest BCUT2D eigenvalue weighted by Crippen LogP contribution is -2.51. The number of alkyl halides is 3. The van der Waals surface area contributed by atoms with Crippen molar-refractivity contribution in [1.29, 1.82) is 0 Å². The smallest absolute Gasteiger partial charge is 0.464 e. The first-order valence-electron chi connectivity index (χ1n) is 18.7. The average Bonchev–Trinajstić information content (AvgIpc) is 3.98. The van der Waals surface area contributed by atoms with Crippen molar-refractivity contribution in [3.05, 3.63) is 76.1 Å². The van der Waals surface area contributed by atoms with Crippen LogP contribution in [0.1, 0.15) is 82.2 Å². The molecule has 57 heavy (non-hydrogen) atoms. The highest BCUT2D eigenvalue weighted by Crippen LogP contribution is 2.49. The van der Waals surface area contributed by atoms with E-state index in [2.05, 4.69) is 15.3 Å². The number of hydrogen-bond donors (Lipinski definition) is 2. The van der Waals surface area contributed by atoms with Crippen LogP contribution in [-0.2, 0) is 25.0 Å². The number of thiophene rings is 1. The quantitative estimate of drug-likeness (QED) is 0.126. The third kappa shape index (κ3) is 6.76. The van der Waals surface area contributed by atoms with E-state index >= 15 is 4.39 Å². The summed E-state index contributed by atoms with van der Waals surface area (Å²) in [7, 11) is 0.572. The van der Waals surface area contributed by atoms with Gasteiger partial charge in [-0.2, -0.15) is 13.2 Å². The largest absolute Gasteiger partial charge is 0.494 e. The number of nitrogens with one attached hydrogen (secondary N) is 2. The minimum Gasteiger partial charge on any atom is -0.464 e. The summed E-state index contributed by atoms with van der Waals surface area (Å²) >= 11 is 0.569. The van der Waals surface area contributed by atoms with Crippen LogP contribution in [0.4, 0.5) is 22.4 Å². The van der Waals surface area contributed by atoms with Gasteiger partial charge in [-0.25, -0.2) is 14.2 Å². The van der Waals surface area contributed by atoms with Crippen molar-refractivity contribution >= 4 is 46.8 Å². The van der Waals surface area contributed by atoms with Gasteiger partial charge in [-0.05, 0) is 88.3 Å². The highest BCUT2D eigenvalue weighted by molar-refractivity contribution is 7.12. The summed E-state index contributed by atoms with van der Waals surface area (Å²) in [6.07, 6.45) is -3.43. The van der Waals surface area contributed by atoms with E-state index in [0.717, 1.165) is 11.5 Å². The number of benzene rings is 2. The van der Waals surface area contributed by atoms with Gasteiger partial charge < -0.3 is 34.0 Å². The molecule has 3 aromatic heterocycles. The van der Waals surface area contributed by atoms with Gasteiger partial charge in [0.25, 0.3) is 0 Å². The highest BCUT2D eigenvalue weighted by Gasteiger charge is 2.52. The summed E-state index contributed by atoms with van der Waals surface area (Å²) in [5, 5.41) is 3.33. The van der Waals surface area contributed by atoms with E-state index in [1.165, 1.54) is 19.2 Å². The number of hydrogen-bond acceptors (Lipinski definition) is 8. The van der Waals surface area contributed by atoms with Gasteiger partial charge >= 0.3 is 19.4 Å². The van der Waals surface area contributed by atoms with Crippen molar-refractivity contribution in [3.63, 3.8) is 0 Å². The van der Waals surface area contributed by atoms with Gasteiger partial charge in [-0.1, -0.05) is 26.0 Å². The molecule has 0 bridgehead atoms. The van der Waals surface area contributed by atoms with Gasteiger partial charge in [0.2, 0.25) is 12.1 Å². The molecule has 11 nitrogen and oxygen atoms in total. The Labute approximate surface area is 330 Å². The molecule has 8 rings (SSSR count). The third-order valence-corrected chi connectivity index (χ3v) is 12.6. The molecular formula is C40H42BF4N5O6S. The number of H-pyrrole nitrogens is 1. The lowest BCUT2D eigenvalue weighted by molar-refractivity contribution is -0.135. The molecule has 2 fully saturated rings. The van der Waals surface area contributed by atoms with Crippen LogP contribution in [0.2, 0.25) is 0 Å². The van der Waals surface area contributed by atoms with Crippen LogP contribution >= 0.6 is 11.3 Å². The molecule has 17 heteroatoms. The van der Waals surface area contributed by atoms with Crippen molar-refractivity contribution in [2.75, 3.05) is 13.7 Å². The first-order chi connectivity index (χ1) is 26.9. The van der Waals surface area contributed by atoms with Crippen LogP contribution < -0.4 is 15.5 Å². The van der Waals surface area contributed by atoms with Gasteiger partial charge in [-0.3, -0.25) is 9.36 Å². The summed E-state index contributed by atoms with van der Waals surface area (Å²) in [6, 6.07) is 11.5. The molecule has 0 radical (unpaired) electrons. The van der Waals surface area contributed by atoms with Gasteiger partial charge in [0.1, 0.15) is 28.3 Å². The molecular weight excluding hydrogens is 765 g/mol. The number of imidazole rings is 1. The number of halogens is 4. The number of fused-ring (bicyclic) bond motifs is 5. The standard InChI is InChI=1S/C40H42BF4N5O6S/c1-20(2)33(48-37(52)53-7)35(51)49-14-8-9-27(49)34-46-19-25(47-34)21-16-24(42)32-28-17-22-15-23(41-55-38(3,4)39(5,6)56-41)10-11-26(22)50(28)36(54-29(32)18-21)30-12-13-31(57-30)40(43,44)45/h10-13,15-20,27,33,36H,8-9,14H2,1-7H3,(H,46,47)(H,48,52)/t27-,33-,36?/m0/s1. The Bertz CT molecular complexity index is 2370. The maximum atomic E-state index is 16.6. The molecule has 2 saturated heterocycles. The zero-order chi connectivity index (χ0) is 40.8. The van der Waals surface area contributed by atoms with E-state index in [-0.39, 0.29) is 28.0 Å². The Balaban J connectivity index is 1.17. The first kappa shape index (κ1) is 39.0. The van der Waals surface area contributed by atoms with Crippen LogP contribution in [-0.4, -0.2) is 69.5 Å². The van der Waals surface area contributed by atoms with Crippen LogP contribution in [0.15, 0.2) is 54.7 Å². The molecule has 3 aliphatic heterocycles. The zero-order valence-corrected chi connectivity index (χ0v) is 33.2. The molecule has 0 saturated carbocycles. The summed E-state index contributed by atoms with van der Waals surface area (Å²) in [4.78, 5) is 34.7. The number of aromatic amines is 1. The minimum absolute atomic E-state index is 0.140. The Kier molecular flexibility index (Phi) is 9.51. The monoisotopic (exact) mass is 807 g/mol. The third-order valence-electron chi connectivity index (χ3n) is 11.5. The van der Waals surface area contributed by atoms with Crippen LogP contribution in [0.25, 0.3) is 33.4 Å². The lowest BCUT2D eigenvalue weighted by atomic mass is 9.78. The van der Waals surface area contributed by atoms with E-state index in [1.54, 1.807) is 27.8 Å². The number of ether oxygens (including phenoxy) is 2. The van der Waals surface area contributed by atoms with Gasteiger partial charge in [0.05, 0.1) is 57.9 Å². The van der Waals surface area contributed by atoms with Crippen LogP contribution in [0.5, 0.6) is 5.75 Å². The second-order valence-electron chi connectivity index (χ2n) is 16.0. The number of carbonyl (C=O) groups excluding carboxylic acids is 2. The van der Waals surface area contributed by atoms with Crippen molar-refractivity contribution in [1.82, 2.24) is 24.8 Å². The molecule has 3 aliphatic rings. The molecule has 300 valence electrons. The topological polar surface area (TPSA) is 120 Å². The summed E-state index contributed by atoms with van der Waals surface area (Å²) in [5.74, 6) is -0.459. The molecule has 1 unspecified atom stereocenters. The first-order valence-corrected chi connectivity index (χ1v) is 19.6. The van der Waals surface area contributed by atoms with Crippen molar-refractivity contribution in [2.45, 2.75) is 90.1 Å². The van der Waals surface area contributed by atoms with Crippen LogP contribution in [0, 0.1) is 11.7 Å². The van der Waals surface area contributed by atoms with Crippen molar-refractivity contribution in [3.8, 4) is 28.3 Å². The highest BCUT2D eigenvalue weighted by atomic mass is 32.1. The number of aromatic nitrogens is 3. The van der Waals surface area contributed by atoms with Crippen molar-refractivity contribution < 1.29 is 45.9 Å². The molecule has 2 aromatic carbocycles. The van der Waals surface area contributed by atoms with E-state index in [4.69, 9.17) is 18.8 Å². The second kappa shape index (κ2) is 13.9. The summed E-state index contributed by atoms with van der Waals surface area (Å²) in [5.41, 5.74) is 1.63. The predicted octanol–water partition coefficient (Wildman–Crippen LogP) is 8.20. The summed E-state index contributed by atoms with van der Waals surface area (Å²) < 4.78 is 83.6. The van der Waals surface area contributed by atoms with E-state index < -0.39 is 59.6 Å². The fraction of sp³-hybridized carbons (Fsp3) is 0.425. The van der Waals surface area contributed by atoms with Gasteiger partial charge in [-0.15, -0.1) is 11.3 Å². The Morgan fingerprint density at radius 2 is 1.81 bits per heavy atom. The van der Waals surface area contributed by atoms with E-state index in [0.29, 0.717) is 64.4 Å². The number of likely N-dealkylation sites (tertiary alicyclic amines) is 1. The SMILES string of the molecule is COC(=O)N[C@H](C(=O)N1CCC[C@H]1c1ncc(-c2cc(F)c3c(c2)OC(c2ccc(C(F)(F)F)s2)n2c-3cc3cc(B4OC(C)(C)C(C)(C)O4)ccc32)[nH]1)C(C)C. The van der Waals surface area contributed by atoms with Gasteiger partial charge in [0.15, 0.2) is 0 Å². The Morgan fingerprint density at radius 1 is 1.07 bits per heavy atom. The fourth-order valence-corrected chi connectivity index (χ4v) is 8.64. The average molecular weight is 808 g/mol. The fourth-order valence-electron chi connectivity index (χ4n) is 7.75. The molecule has 5 aromatic rings. The summed E-state index contributed by atoms with van der Waals surface area (Å²) in [6.45, 7) is 11.9. The maximum absolute atomic E-state index is 16.6. The molecule has 0 aliphatic carbocycles. The van der Waals surface area contributed by atoms with Crippen LogP contribution in [0.3, 0.4) is 0 Å². The molecule has 6 heterocycles. The molecule has 2 N–H and O–H groups in total. The molecule has 3 atom stereocenters. The molecule has 0 spiro atoms. The lowest BCUT2D eigenvalue weighted by Gasteiger charge is -2.32. The van der Waals surface area contributed by atoms with Gasteiger partial charge in [0, 0.05) is 17.5 Å².